The lowest BCUT2D eigenvalue weighted by atomic mass is 9.96. The third kappa shape index (κ3) is 6.92. The fourth-order valence-corrected chi connectivity index (χ4v) is 4.06. The van der Waals surface area contributed by atoms with Crippen LogP contribution >= 0.6 is 24.0 Å². The molecule has 2 aromatic rings. The average Bonchev–Trinajstić information content (AvgIpc) is 3.61. The molecule has 0 unspecified atom stereocenters. The van der Waals surface area contributed by atoms with Crippen molar-refractivity contribution in [2.45, 2.75) is 50.4 Å². The number of aliphatic imine (C=N–C) groups is 1. The van der Waals surface area contributed by atoms with Crippen LogP contribution in [0.4, 0.5) is 0 Å². The predicted octanol–water partition coefficient (Wildman–Crippen LogP) is 4.40. The molecule has 2 aromatic carbocycles. The molecule has 2 fully saturated rings. The zero-order valence-corrected chi connectivity index (χ0v) is 20.6. The van der Waals surface area contributed by atoms with Crippen molar-refractivity contribution < 1.29 is 9.47 Å². The lowest BCUT2D eigenvalue weighted by molar-refractivity contribution is -0.0390. The summed E-state index contributed by atoms with van der Waals surface area (Å²) >= 11 is 0. The molecule has 0 atom stereocenters. The predicted molar refractivity (Wildman–Crippen MR) is 136 cm³/mol. The number of ether oxygens (including phenoxy) is 2. The Hall–Kier alpha value is -1.64. The third-order valence-corrected chi connectivity index (χ3v) is 6.16. The van der Waals surface area contributed by atoms with Crippen LogP contribution in [0.1, 0.15) is 42.4 Å². The first-order valence-corrected chi connectivity index (χ1v) is 11.0. The number of nitrogens with zero attached hydrogens (tertiary/aromatic N) is 1. The molecule has 1 aliphatic carbocycles. The molecule has 0 bridgehead atoms. The van der Waals surface area contributed by atoms with Crippen molar-refractivity contribution in [3.05, 3.63) is 71.3 Å². The molecular formula is C25H34IN3O2. The molecule has 31 heavy (non-hydrogen) atoms. The van der Waals surface area contributed by atoms with E-state index in [1.54, 1.807) is 0 Å². The Morgan fingerprint density at radius 1 is 1.03 bits per heavy atom. The van der Waals surface area contributed by atoms with Gasteiger partial charge in [-0.2, -0.15) is 0 Å². The summed E-state index contributed by atoms with van der Waals surface area (Å²) in [6, 6.07) is 19.4. The smallest absolute Gasteiger partial charge is 0.191 e. The summed E-state index contributed by atoms with van der Waals surface area (Å²) in [6.07, 6.45) is 4.77. The fourth-order valence-electron chi connectivity index (χ4n) is 4.06. The van der Waals surface area contributed by atoms with Crippen molar-refractivity contribution in [1.29, 1.82) is 0 Å². The number of benzene rings is 2. The van der Waals surface area contributed by atoms with Crippen LogP contribution < -0.4 is 10.6 Å². The van der Waals surface area contributed by atoms with E-state index >= 15 is 0 Å². The molecule has 2 N–H and O–H groups in total. The summed E-state index contributed by atoms with van der Waals surface area (Å²) in [5.41, 5.74) is 4.13. The molecule has 1 saturated heterocycles. The number of nitrogens with one attached hydrogen (secondary N) is 2. The minimum Gasteiger partial charge on any atom is -0.381 e. The Morgan fingerprint density at radius 3 is 2.48 bits per heavy atom. The first-order valence-electron chi connectivity index (χ1n) is 11.0. The van der Waals surface area contributed by atoms with Crippen LogP contribution in [0.2, 0.25) is 0 Å². The number of guanidine groups is 1. The van der Waals surface area contributed by atoms with Crippen LogP contribution in [0.25, 0.3) is 0 Å². The fraction of sp³-hybridized carbons (Fsp3) is 0.480. The van der Waals surface area contributed by atoms with Gasteiger partial charge in [-0.1, -0.05) is 54.6 Å². The van der Waals surface area contributed by atoms with E-state index in [2.05, 4.69) is 70.2 Å². The van der Waals surface area contributed by atoms with Crippen LogP contribution in [0, 0.1) is 0 Å². The highest BCUT2D eigenvalue weighted by atomic mass is 127. The van der Waals surface area contributed by atoms with Gasteiger partial charge >= 0.3 is 0 Å². The van der Waals surface area contributed by atoms with Crippen LogP contribution in [0.15, 0.2) is 59.6 Å². The van der Waals surface area contributed by atoms with E-state index in [9.17, 15) is 0 Å². The van der Waals surface area contributed by atoms with Crippen LogP contribution in [0.3, 0.4) is 0 Å². The van der Waals surface area contributed by atoms with Crippen LogP contribution in [0.5, 0.6) is 0 Å². The number of rotatable bonds is 8. The lowest BCUT2D eigenvalue weighted by Gasteiger charge is -2.22. The number of halogens is 1. The Balaban J connectivity index is 0.00000272. The first kappa shape index (κ1) is 24.0. The van der Waals surface area contributed by atoms with Gasteiger partial charge in [-0.25, -0.2) is 0 Å². The summed E-state index contributed by atoms with van der Waals surface area (Å²) in [5, 5.41) is 6.98. The van der Waals surface area contributed by atoms with Crippen molar-refractivity contribution in [2.75, 3.05) is 26.8 Å². The highest BCUT2D eigenvalue weighted by Crippen LogP contribution is 2.47. The second kappa shape index (κ2) is 11.8. The maximum Gasteiger partial charge on any atom is 0.191 e. The lowest BCUT2D eigenvalue weighted by Crippen LogP contribution is -2.40. The summed E-state index contributed by atoms with van der Waals surface area (Å²) in [4.78, 5) is 4.41. The van der Waals surface area contributed by atoms with E-state index in [0.717, 1.165) is 45.1 Å². The average molecular weight is 535 g/mol. The molecule has 1 aliphatic heterocycles. The molecule has 0 amide bonds. The van der Waals surface area contributed by atoms with Crippen LogP contribution in [-0.4, -0.2) is 38.9 Å². The highest BCUT2D eigenvalue weighted by molar-refractivity contribution is 14.0. The Bertz CT molecular complexity index is 834. The molecule has 0 radical (unpaired) electrons. The monoisotopic (exact) mass is 535 g/mol. The van der Waals surface area contributed by atoms with E-state index in [1.807, 2.05) is 7.05 Å². The van der Waals surface area contributed by atoms with Gasteiger partial charge in [0.15, 0.2) is 5.96 Å². The van der Waals surface area contributed by atoms with E-state index < -0.39 is 0 Å². The van der Waals surface area contributed by atoms with Gasteiger partial charge in [0.2, 0.25) is 0 Å². The van der Waals surface area contributed by atoms with Gasteiger partial charge < -0.3 is 20.1 Å². The molecular weight excluding hydrogens is 501 g/mol. The second-order valence-corrected chi connectivity index (χ2v) is 8.37. The topological polar surface area (TPSA) is 54.9 Å². The SMILES string of the molecule is CN=C(NCc1cccc(COC2CCOCC2)c1)NCC1(c2ccccc2)CC1.I. The Morgan fingerprint density at radius 2 is 1.77 bits per heavy atom. The van der Waals surface area contributed by atoms with E-state index in [-0.39, 0.29) is 29.4 Å². The van der Waals surface area contributed by atoms with Gasteiger partial charge in [-0.3, -0.25) is 4.99 Å². The standard InChI is InChI=1S/C25H33N3O2.HI/c1-26-24(28-19-25(12-13-25)22-8-3-2-4-9-22)27-17-20-6-5-7-21(16-20)18-30-23-10-14-29-15-11-23;/h2-9,16,23H,10-15,17-19H2,1H3,(H2,26,27,28);1H. The van der Waals surface area contributed by atoms with Crippen molar-refractivity contribution >= 4 is 29.9 Å². The largest absolute Gasteiger partial charge is 0.381 e. The van der Waals surface area contributed by atoms with Crippen LogP contribution in [-0.2, 0) is 28.0 Å². The molecule has 0 spiro atoms. The van der Waals surface area contributed by atoms with Gasteiger partial charge in [0.1, 0.15) is 0 Å². The minimum atomic E-state index is 0. The molecule has 1 saturated carbocycles. The second-order valence-electron chi connectivity index (χ2n) is 8.37. The molecule has 168 valence electrons. The van der Waals surface area contributed by atoms with Gasteiger partial charge in [0.05, 0.1) is 12.7 Å². The molecule has 0 aromatic heterocycles. The summed E-state index contributed by atoms with van der Waals surface area (Å²) in [5.74, 6) is 0.848. The highest BCUT2D eigenvalue weighted by Gasteiger charge is 2.43. The van der Waals surface area contributed by atoms with E-state index in [4.69, 9.17) is 9.47 Å². The Kier molecular flexibility index (Phi) is 9.16. The van der Waals surface area contributed by atoms with Crippen molar-refractivity contribution in [2.24, 2.45) is 4.99 Å². The maximum absolute atomic E-state index is 6.06. The first-order chi connectivity index (χ1) is 14.8. The molecule has 6 heteroatoms. The third-order valence-electron chi connectivity index (χ3n) is 6.16. The zero-order valence-electron chi connectivity index (χ0n) is 18.3. The normalized spacial score (nSPS) is 18.2. The minimum absolute atomic E-state index is 0. The van der Waals surface area contributed by atoms with Gasteiger partial charge in [0.25, 0.3) is 0 Å². The summed E-state index contributed by atoms with van der Waals surface area (Å²) in [6.45, 7) is 3.93. The van der Waals surface area contributed by atoms with Crippen molar-refractivity contribution in [3.8, 4) is 0 Å². The van der Waals surface area contributed by atoms with Crippen molar-refractivity contribution in [1.82, 2.24) is 10.6 Å². The molecule has 2 aliphatic rings. The van der Waals surface area contributed by atoms with E-state index in [1.165, 1.54) is 29.5 Å². The number of hydrogen-bond donors (Lipinski definition) is 2. The molecule has 4 rings (SSSR count). The quantitative estimate of drug-likeness (QED) is 0.299. The number of hydrogen-bond acceptors (Lipinski definition) is 3. The maximum atomic E-state index is 6.06. The van der Waals surface area contributed by atoms with E-state index in [0.29, 0.717) is 12.7 Å². The van der Waals surface area contributed by atoms with Crippen molar-refractivity contribution in [3.63, 3.8) is 0 Å². The van der Waals surface area contributed by atoms with Gasteiger partial charge in [0, 0.05) is 38.8 Å². The molecule has 5 nitrogen and oxygen atoms in total. The summed E-state index contributed by atoms with van der Waals surface area (Å²) < 4.78 is 11.5. The van der Waals surface area contributed by atoms with Gasteiger partial charge in [-0.05, 0) is 42.4 Å². The van der Waals surface area contributed by atoms with Gasteiger partial charge in [-0.15, -0.1) is 24.0 Å². The summed E-state index contributed by atoms with van der Waals surface area (Å²) in [7, 11) is 1.83. The Labute approximate surface area is 203 Å². The molecule has 1 heterocycles. The zero-order chi connectivity index (χ0) is 20.7.